The van der Waals surface area contributed by atoms with Crippen molar-refractivity contribution in [2.24, 2.45) is 11.7 Å². The van der Waals surface area contributed by atoms with Crippen LogP contribution < -0.4 is 5.73 Å². The van der Waals surface area contributed by atoms with Crippen molar-refractivity contribution in [2.75, 3.05) is 38.6 Å². The summed E-state index contributed by atoms with van der Waals surface area (Å²) in [6, 6.07) is 0. The van der Waals surface area contributed by atoms with Gasteiger partial charge < -0.3 is 10.5 Å². The van der Waals surface area contributed by atoms with E-state index in [2.05, 4.69) is 0 Å². The molecule has 0 aromatic rings. The molecule has 0 aromatic carbocycles. The number of rotatable bonds is 9. The second-order valence-electron chi connectivity index (χ2n) is 3.80. The van der Waals surface area contributed by atoms with Gasteiger partial charge in [0.15, 0.2) is 0 Å². The summed E-state index contributed by atoms with van der Waals surface area (Å²) in [5.41, 5.74) is 5.49. The highest BCUT2D eigenvalue weighted by Crippen LogP contribution is 2.06. The molecule has 0 saturated heterocycles. The maximum absolute atomic E-state index is 11.9. The van der Waals surface area contributed by atoms with Gasteiger partial charge in [0.2, 0.25) is 10.0 Å². The highest BCUT2D eigenvalue weighted by molar-refractivity contribution is 7.89. The standard InChI is InChI=1S/C10H24N2O3S/c1-4-12(9-10(3)8-11)16(13,14)7-6-15-5-2/h10H,4-9,11H2,1-3H3. The first kappa shape index (κ1) is 15.8. The molecule has 0 spiro atoms. The molecule has 0 saturated carbocycles. The zero-order chi connectivity index (χ0) is 12.6. The third kappa shape index (κ3) is 5.79. The normalized spacial score (nSPS) is 14.3. The minimum atomic E-state index is -3.20. The Morgan fingerprint density at radius 2 is 2.00 bits per heavy atom. The van der Waals surface area contributed by atoms with Crippen LogP contribution in [0.1, 0.15) is 20.8 Å². The monoisotopic (exact) mass is 252 g/mol. The van der Waals surface area contributed by atoms with Crippen molar-refractivity contribution in [3.63, 3.8) is 0 Å². The van der Waals surface area contributed by atoms with E-state index in [1.54, 1.807) is 0 Å². The maximum Gasteiger partial charge on any atom is 0.216 e. The zero-order valence-electron chi connectivity index (χ0n) is 10.5. The lowest BCUT2D eigenvalue weighted by atomic mass is 10.2. The van der Waals surface area contributed by atoms with Crippen LogP contribution in [0.15, 0.2) is 0 Å². The molecule has 0 radical (unpaired) electrons. The predicted molar refractivity (Wildman–Crippen MR) is 65.7 cm³/mol. The summed E-state index contributed by atoms with van der Waals surface area (Å²) in [5.74, 6) is 0.230. The number of nitrogens with zero attached hydrogens (tertiary/aromatic N) is 1. The van der Waals surface area contributed by atoms with Gasteiger partial charge in [-0.3, -0.25) is 0 Å². The molecule has 0 fully saturated rings. The van der Waals surface area contributed by atoms with Crippen LogP contribution in [-0.2, 0) is 14.8 Å². The lowest BCUT2D eigenvalue weighted by molar-refractivity contribution is 0.162. The largest absolute Gasteiger partial charge is 0.381 e. The molecule has 0 bridgehead atoms. The van der Waals surface area contributed by atoms with E-state index in [4.69, 9.17) is 10.5 Å². The highest BCUT2D eigenvalue weighted by atomic mass is 32.2. The van der Waals surface area contributed by atoms with Crippen LogP contribution in [0, 0.1) is 5.92 Å². The fourth-order valence-corrected chi connectivity index (χ4v) is 2.76. The molecular weight excluding hydrogens is 228 g/mol. The minimum Gasteiger partial charge on any atom is -0.381 e. The van der Waals surface area contributed by atoms with E-state index in [1.807, 2.05) is 20.8 Å². The van der Waals surface area contributed by atoms with Crippen LogP contribution in [0.2, 0.25) is 0 Å². The molecule has 0 aliphatic rings. The van der Waals surface area contributed by atoms with Crippen LogP contribution in [0.5, 0.6) is 0 Å². The fourth-order valence-electron chi connectivity index (χ4n) is 1.30. The highest BCUT2D eigenvalue weighted by Gasteiger charge is 2.21. The van der Waals surface area contributed by atoms with E-state index >= 15 is 0 Å². The lowest BCUT2D eigenvalue weighted by Gasteiger charge is -2.23. The Bertz CT molecular complexity index is 267. The number of ether oxygens (including phenoxy) is 1. The van der Waals surface area contributed by atoms with Crippen LogP contribution in [0.25, 0.3) is 0 Å². The van der Waals surface area contributed by atoms with Gasteiger partial charge in [-0.15, -0.1) is 0 Å². The zero-order valence-corrected chi connectivity index (χ0v) is 11.3. The van der Waals surface area contributed by atoms with E-state index in [9.17, 15) is 8.42 Å². The average Bonchev–Trinajstić information content (AvgIpc) is 2.25. The molecule has 6 heteroatoms. The third-order valence-electron chi connectivity index (χ3n) is 2.35. The molecular formula is C10H24N2O3S. The van der Waals surface area contributed by atoms with Crippen molar-refractivity contribution in [3.8, 4) is 0 Å². The maximum atomic E-state index is 11.9. The van der Waals surface area contributed by atoms with Crippen LogP contribution in [-0.4, -0.2) is 51.3 Å². The van der Waals surface area contributed by atoms with Crippen molar-refractivity contribution in [1.82, 2.24) is 4.31 Å². The van der Waals surface area contributed by atoms with Gasteiger partial charge in [0.25, 0.3) is 0 Å². The third-order valence-corrected chi connectivity index (χ3v) is 4.23. The number of hydrogen-bond acceptors (Lipinski definition) is 4. The molecule has 0 rings (SSSR count). The molecule has 98 valence electrons. The first-order valence-electron chi connectivity index (χ1n) is 5.73. The number of nitrogens with two attached hydrogens (primary N) is 1. The van der Waals surface area contributed by atoms with Crippen LogP contribution in [0.4, 0.5) is 0 Å². The molecule has 0 amide bonds. The van der Waals surface area contributed by atoms with Crippen molar-refractivity contribution >= 4 is 10.0 Å². The summed E-state index contributed by atoms with van der Waals surface area (Å²) in [7, 11) is -3.20. The smallest absolute Gasteiger partial charge is 0.216 e. The molecule has 2 N–H and O–H groups in total. The summed E-state index contributed by atoms with van der Waals surface area (Å²) < 4.78 is 30.3. The minimum absolute atomic E-state index is 0.0476. The van der Waals surface area contributed by atoms with Crippen molar-refractivity contribution in [3.05, 3.63) is 0 Å². The van der Waals surface area contributed by atoms with E-state index < -0.39 is 10.0 Å². The van der Waals surface area contributed by atoms with E-state index in [0.29, 0.717) is 26.2 Å². The summed E-state index contributed by atoms with van der Waals surface area (Å²) in [6.45, 7) is 7.90. The Hall–Kier alpha value is -0.170. The number of hydrogen-bond donors (Lipinski definition) is 1. The van der Waals surface area contributed by atoms with Gasteiger partial charge >= 0.3 is 0 Å². The van der Waals surface area contributed by atoms with Gasteiger partial charge in [-0.25, -0.2) is 12.7 Å². The van der Waals surface area contributed by atoms with Gasteiger partial charge in [-0.2, -0.15) is 0 Å². The van der Waals surface area contributed by atoms with E-state index in [0.717, 1.165) is 0 Å². The summed E-state index contributed by atoms with van der Waals surface area (Å²) >= 11 is 0. The van der Waals surface area contributed by atoms with Crippen LogP contribution >= 0.6 is 0 Å². The Morgan fingerprint density at radius 1 is 1.38 bits per heavy atom. The van der Waals surface area contributed by atoms with E-state index in [-0.39, 0.29) is 18.3 Å². The second-order valence-corrected chi connectivity index (χ2v) is 5.89. The summed E-state index contributed by atoms with van der Waals surface area (Å²) in [6.07, 6.45) is 0. The van der Waals surface area contributed by atoms with Crippen molar-refractivity contribution < 1.29 is 13.2 Å². The molecule has 1 atom stereocenters. The van der Waals surface area contributed by atoms with Gasteiger partial charge in [-0.05, 0) is 19.4 Å². The first-order chi connectivity index (χ1) is 7.47. The topological polar surface area (TPSA) is 72.6 Å². The molecule has 1 unspecified atom stereocenters. The molecule has 16 heavy (non-hydrogen) atoms. The molecule has 5 nitrogen and oxygen atoms in total. The fraction of sp³-hybridized carbons (Fsp3) is 1.00. The van der Waals surface area contributed by atoms with Gasteiger partial charge in [-0.1, -0.05) is 13.8 Å². The molecule has 0 heterocycles. The Balaban J connectivity index is 4.31. The first-order valence-corrected chi connectivity index (χ1v) is 7.34. The Morgan fingerprint density at radius 3 is 2.44 bits per heavy atom. The second kappa shape index (κ2) is 8.00. The van der Waals surface area contributed by atoms with Crippen molar-refractivity contribution in [1.29, 1.82) is 0 Å². The van der Waals surface area contributed by atoms with Crippen molar-refractivity contribution in [2.45, 2.75) is 20.8 Å². The average molecular weight is 252 g/mol. The molecule has 0 aromatic heterocycles. The van der Waals surface area contributed by atoms with Gasteiger partial charge in [0.1, 0.15) is 0 Å². The summed E-state index contributed by atoms with van der Waals surface area (Å²) in [5, 5.41) is 0. The lowest BCUT2D eigenvalue weighted by Crippen LogP contribution is -2.38. The van der Waals surface area contributed by atoms with Gasteiger partial charge in [0.05, 0.1) is 12.4 Å². The number of sulfonamides is 1. The van der Waals surface area contributed by atoms with E-state index in [1.165, 1.54) is 4.31 Å². The Kier molecular flexibility index (Phi) is 7.91. The molecule has 0 aliphatic heterocycles. The molecule has 0 aliphatic carbocycles. The van der Waals surface area contributed by atoms with Crippen LogP contribution in [0.3, 0.4) is 0 Å². The Labute approximate surface area is 99.0 Å². The predicted octanol–water partition coefficient (Wildman–Crippen LogP) is 0.269. The summed E-state index contributed by atoms with van der Waals surface area (Å²) in [4.78, 5) is 0. The quantitative estimate of drug-likeness (QED) is 0.598. The van der Waals surface area contributed by atoms with Gasteiger partial charge in [0, 0.05) is 19.7 Å². The SMILES string of the molecule is CCOCCS(=O)(=O)N(CC)CC(C)CN.